The topological polar surface area (TPSA) is 0 Å². The van der Waals surface area contributed by atoms with Gasteiger partial charge in [-0.15, -0.1) is 0 Å². The van der Waals surface area contributed by atoms with E-state index in [1.165, 1.54) is 25.7 Å². The van der Waals surface area contributed by atoms with Gasteiger partial charge in [-0.1, -0.05) is 54.4 Å². The Morgan fingerprint density at radius 2 is 1.09 bits per heavy atom. The molecule has 6 rings (SSSR count). The average Bonchev–Trinajstić information content (AvgIpc) is 2.45. The molecule has 6 aliphatic rings. The standard InChI is InChI=1S/C20H34BCl/c1-11-15-7-13(19(15,3)4)9-17(11)21(22)18-10-14-8-16(12(18)2)20(14,5)6/h11-18H,7-10H2,1-6H3/t11?,12?,13?,14?,15-,16?,17?,18?/m0/s1. The van der Waals surface area contributed by atoms with Crippen LogP contribution in [0.4, 0.5) is 0 Å². The minimum atomic E-state index is 0.438. The molecule has 0 aromatic heterocycles. The van der Waals surface area contributed by atoms with Gasteiger partial charge in [0.1, 0.15) is 0 Å². The van der Waals surface area contributed by atoms with Crippen LogP contribution in [0.5, 0.6) is 0 Å². The zero-order valence-electron chi connectivity index (χ0n) is 15.4. The molecular weight excluding hydrogens is 286 g/mol. The number of fused-ring (bicyclic) bond motifs is 4. The van der Waals surface area contributed by atoms with Crippen LogP contribution >= 0.6 is 11.5 Å². The molecule has 6 saturated carbocycles. The van der Waals surface area contributed by atoms with Crippen LogP contribution in [0.1, 0.15) is 67.2 Å². The van der Waals surface area contributed by atoms with Gasteiger partial charge in [-0.3, -0.25) is 0 Å². The Morgan fingerprint density at radius 3 is 1.36 bits per heavy atom. The minimum absolute atomic E-state index is 0.438. The third-order valence-corrected chi connectivity index (χ3v) is 10.3. The Morgan fingerprint density at radius 1 is 0.727 bits per heavy atom. The van der Waals surface area contributed by atoms with E-state index >= 15 is 0 Å². The molecule has 0 aromatic carbocycles. The fourth-order valence-corrected chi connectivity index (χ4v) is 8.20. The molecule has 0 amide bonds. The van der Waals surface area contributed by atoms with E-state index in [-0.39, 0.29) is 0 Å². The Balaban J connectivity index is 1.49. The lowest BCUT2D eigenvalue weighted by atomic mass is 9.30. The van der Waals surface area contributed by atoms with Crippen molar-refractivity contribution in [1.29, 1.82) is 0 Å². The first kappa shape index (κ1) is 15.9. The van der Waals surface area contributed by atoms with E-state index in [0.29, 0.717) is 17.0 Å². The van der Waals surface area contributed by atoms with Gasteiger partial charge in [0, 0.05) is 0 Å². The van der Waals surface area contributed by atoms with E-state index in [1.807, 2.05) is 0 Å². The Labute approximate surface area is 143 Å². The maximum atomic E-state index is 7.19. The molecule has 0 saturated heterocycles. The lowest BCUT2D eigenvalue weighted by molar-refractivity contribution is -0.106. The highest BCUT2D eigenvalue weighted by molar-refractivity contribution is 7.08. The summed E-state index contributed by atoms with van der Waals surface area (Å²) in [5, 5.41) is 0. The third kappa shape index (κ3) is 1.84. The van der Waals surface area contributed by atoms with Gasteiger partial charge in [-0.25, -0.2) is 0 Å². The fraction of sp³-hybridized carbons (Fsp3) is 1.00. The van der Waals surface area contributed by atoms with Crippen LogP contribution in [0.3, 0.4) is 0 Å². The second-order valence-electron chi connectivity index (χ2n) is 10.7. The van der Waals surface area contributed by atoms with Gasteiger partial charge < -0.3 is 0 Å². The lowest BCUT2D eigenvalue weighted by Gasteiger charge is -2.65. The maximum absolute atomic E-state index is 7.19. The maximum Gasteiger partial charge on any atom is 0.257 e. The van der Waals surface area contributed by atoms with Crippen molar-refractivity contribution in [3.63, 3.8) is 0 Å². The molecule has 7 unspecified atom stereocenters. The number of hydrogen-bond donors (Lipinski definition) is 0. The van der Waals surface area contributed by atoms with Crippen LogP contribution in [0.25, 0.3) is 0 Å². The first-order valence-electron chi connectivity index (χ1n) is 9.79. The van der Waals surface area contributed by atoms with Crippen LogP contribution in [-0.4, -0.2) is 6.13 Å². The summed E-state index contributed by atoms with van der Waals surface area (Å²) in [4.78, 5) is 0. The molecule has 124 valence electrons. The smallest absolute Gasteiger partial charge is 0.195 e. The molecule has 2 heteroatoms. The SMILES string of the molecule is CC1C(B(Cl)C2CC3C[C@@H](C2C)C3(C)C)CC2CC1C2(C)C. The monoisotopic (exact) mass is 320 g/mol. The van der Waals surface area contributed by atoms with Gasteiger partial charge in [0.2, 0.25) is 0 Å². The molecule has 0 aromatic rings. The summed E-state index contributed by atoms with van der Waals surface area (Å²) >= 11 is 7.19. The zero-order valence-corrected chi connectivity index (χ0v) is 16.2. The van der Waals surface area contributed by atoms with Gasteiger partial charge >= 0.3 is 0 Å². The Hall–Kier alpha value is 0.355. The quantitative estimate of drug-likeness (QED) is 0.519. The van der Waals surface area contributed by atoms with E-state index in [1.54, 1.807) is 0 Å². The van der Waals surface area contributed by atoms with E-state index in [9.17, 15) is 0 Å². The van der Waals surface area contributed by atoms with Gasteiger partial charge in [0.15, 0.2) is 0 Å². The number of halogens is 1. The molecule has 0 radical (unpaired) electrons. The zero-order chi connectivity index (χ0) is 16.0. The number of rotatable bonds is 2. The molecule has 0 N–H and O–H groups in total. The minimum Gasteiger partial charge on any atom is -0.195 e. The van der Waals surface area contributed by atoms with E-state index in [4.69, 9.17) is 11.5 Å². The predicted octanol–water partition coefficient (Wildman–Crippen LogP) is 6.36. The third-order valence-electron chi connectivity index (χ3n) is 9.64. The molecule has 6 fully saturated rings. The number of hydrogen-bond acceptors (Lipinski definition) is 0. The van der Waals surface area contributed by atoms with Crippen molar-refractivity contribution in [2.75, 3.05) is 0 Å². The molecule has 6 aliphatic carbocycles. The highest BCUT2D eigenvalue weighted by Crippen LogP contribution is 2.69. The van der Waals surface area contributed by atoms with Gasteiger partial charge in [-0.2, -0.15) is 11.5 Å². The predicted molar refractivity (Wildman–Crippen MR) is 97.4 cm³/mol. The Bertz CT molecular complexity index is 428. The summed E-state index contributed by atoms with van der Waals surface area (Å²) in [7, 11) is 0. The first-order chi connectivity index (χ1) is 10.2. The summed E-state index contributed by atoms with van der Waals surface area (Å²) in [6, 6.07) is 0. The largest absolute Gasteiger partial charge is 0.257 e. The average molecular weight is 321 g/mol. The van der Waals surface area contributed by atoms with Crippen LogP contribution < -0.4 is 0 Å². The summed E-state index contributed by atoms with van der Waals surface area (Å²) < 4.78 is 0. The summed E-state index contributed by atoms with van der Waals surface area (Å²) in [5.74, 6) is 7.00. The molecule has 0 aliphatic heterocycles. The van der Waals surface area contributed by atoms with E-state index in [0.717, 1.165) is 47.1 Å². The van der Waals surface area contributed by atoms with E-state index in [2.05, 4.69) is 41.5 Å². The van der Waals surface area contributed by atoms with Gasteiger partial charge in [-0.05, 0) is 70.8 Å². The van der Waals surface area contributed by atoms with E-state index < -0.39 is 0 Å². The van der Waals surface area contributed by atoms with Crippen molar-refractivity contribution in [2.24, 2.45) is 46.3 Å². The normalized spacial score (nSPS) is 54.1. The van der Waals surface area contributed by atoms with Crippen molar-refractivity contribution in [3.8, 4) is 0 Å². The van der Waals surface area contributed by atoms with Crippen LogP contribution in [-0.2, 0) is 0 Å². The van der Waals surface area contributed by atoms with Crippen molar-refractivity contribution >= 4 is 17.6 Å². The molecule has 4 bridgehead atoms. The highest BCUT2D eigenvalue weighted by atomic mass is 35.5. The molecule has 0 spiro atoms. The molecule has 0 nitrogen and oxygen atoms in total. The molecule has 22 heavy (non-hydrogen) atoms. The molecule has 0 heterocycles. The second kappa shape index (κ2) is 4.71. The van der Waals surface area contributed by atoms with Crippen molar-refractivity contribution in [3.05, 3.63) is 0 Å². The molecule has 8 atom stereocenters. The summed E-state index contributed by atoms with van der Waals surface area (Å²) in [5.41, 5.74) is 1.18. The Kier molecular flexibility index (Phi) is 3.39. The van der Waals surface area contributed by atoms with Crippen LogP contribution in [0, 0.1) is 46.3 Å². The highest BCUT2D eigenvalue weighted by Gasteiger charge is 2.62. The summed E-state index contributed by atoms with van der Waals surface area (Å²) in [6.45, 7) is 15.0. The van der Waals surface area contributed by atoms with Crippen molar-refractivity contribution in [2.45, 2.75) is 78.9 Å². The van der Waals surface area contributed by atoms with Crippen LogP contribution in [0.2, 0.25) is 11.6 Å². The van der Waals surface area contributed by atoms with Gasteiger partial charge in [0.25, 0.3) is 6.13 Å². The van der Waals surface area contributed by atoms with Crippen molar-refractivity contribution in [1.82, 2.24) is 0 Å². The fourth-order valence-electron chi connectivity index (χ4n) is 7.54. The lowest BCUT2D eigenvalue weighted by Crippen LogP contribution is -2.58. The molecular formula is C20H34BCl. The summed E-state index contributed by atoms with van der Waals surface area (Å²) in [6.07, 6.45) is 6.20. The first-order valence-corrected chi connectivity index (χ1v) is 10.2. The van der Waals surface area contributed by atoms with Crippen molar-refractivity contribution < 1.29 is 0 Å². The van der Waals surface area contributed by atoms with Gasteiger partial charge in [0.05, 0.1) is 0 Å². The second-order valence-corrected chi connectivity index (χ2v) is 11.2. The van der Waals surface area contributed by atoms with Crippen LogP contribution in [0.15, 0.2) is 0 Å².